The van der Waals surface area contributed by atoms with Crippen molar-refractivity contribution in [2.45, 2.75) is 0 Å². The number of hydrogen-bond donors (Lipinski definition) is 1. The number of nitrogens with one attached hydrogen (secondary N) is 1. The molecule has 0 aromatic heterocycles. The summed E-state index contributed by atoms with van der Waals surface area (Å²) in [5, 5.41) is 13.5. The van der Waals surface area contributed by atoms with Crippen LogP contribution in [0.3, 0.4) is 0 Å². The number of amides is 2. The summed E-state index contributed by atoms with van der Waals surface area (Å²) < 4.78 is 5.29. The molecule has 2 aromatic rings. The molecule has 2 aromatic carbocycles. The van der Waals surface area contributed by atoms with Crippen molar-refractivity contribution >= 4 is 40.6 Å². The summed E-state index contributed by atoms with van der Waals surface area (Å²) in [6.07, 6.45) is 0. The van der Waals surface area contributed by atoms with Gasteiger partial charge in [0.2, 0.25) is 0 Å². The summed E-state index contributed by atoms with van der Waals surface area (Å²) in [7, 11) is 0. The number of thiocarbonyl (C=S) groups is 1. The van der Waals surface area contributed by atoms with Gasteiger partial charge in [0.05, 0.1) is 22.6 Å². The largest absolute Gasteiger partial charge is 0.469 e. The Bertz CT molecular complexity index is 880. The third-order valence-electron chi connectivity index (χ3n) is 3.76. The average Bonchev–Trinajstić information content (AvgIpc) is 2.87. The van der Waals surface area contributed by atoms with Gasteiger partial charge in [-0.05, 0) is 30.4 Å². The highest BCUT2D eigenvalue weighted by atomic mass is 32.1. The first-order chi connectivity index (χ1) is 12.5. The molecule has 26 heavy (non-hydrogen) atoms. The van der Waals surface area contributed by atoms with Gasteiger partial charge in [-0.1, -0.05) is 24.3 Å². The molecule has 0 aliphatic carbocycles. The maximum atomic E-state index is 12.2. The number of carbonyl (C=O) groups excluding carboxylic acids is 2. The molecular formula is C17H13N3O5S. The van der Waals surface area contributed by atoms with E-state index in [4.69, 9.17) is 17.0 Å². The minimum Gasteiger partial charge on any atom is -0.469 e. The summed E-state index contributed by atoms with van der Waals surface area (Å²) in [5.41, 5.74) is 0.776. The Balaban J connectivity index is 1.56. The second kappa shape index (κ2) is 7.28. The van der Waals surface area contributed by atoms with E-state index in [1.54, 1.807) is 30.3 Å². The number of benzene rings is 2. The third kappa shape index (κ3) is 3.38. The van der Waals surface area contributed by atoms with E-state index in [1.807, 2.05) is 0 Å². The Morgan fingerprint density at radius 1 is 1.08 bits per heavy atom. The van der Waals surface area contributed by atoms with E-state index in [0.29, 0.717) is 11.1 Å². The fourth-order valence-corrected chi connectivity index (χ4v) is 2.75. The fourth-order valence-electron chi connectivity index (χ4n) is 2.56. The highest BCUT2D eigenvalue weighted by molar-refractivity contribution is 7.80. The Labute approximate surface area is 153 Å². The molecule has 0 fully saturated rings. The van der Waals surface area contributed by atoms with Crippen molar-refractivity contribution in [3.8, 4) is 0 Å². The molecule has 8 nitrogen and oxygen atoms in total. The monoisotopic (exact) mass is 371 g/mol. The van der Waals surface area contributed by atoms with Gasteiger partial charge in [0.1, 0.15) is 12.3 Å². The lowest BCUT2D eigenvalue weighted by molar-refractivity contribution is -0.383. The minimum absolute atomic E-state index is 0.0189. The molecule has 1 heterocycles. The Morgan fingerprint density at radius 3 is 2.27 bits per heavy atom. The average molecular weight is 371 g/mol. The van der Waals surface area contributed by atoms with E-state index < -0.39 is 4.92 Å². The molecule has 0 saturated carbocycles. The zero-order chi connectivity index (χ0) is 18.7. The van der Waals surface area contributed by atoms with E-state index in [1.165, 1.54) is 18.2 Å². The summed E-state index contributed by atoms with van der Waals surface area (Å²) in [6, 6.07) is 12.6. The number of hydrogen-bond acceptors (Lipinski definition) is 6. The standard InChI is InChI=1S/C17H13N3O5S/c21-15-11-5-1-2-6-12(11)16(22)19(15)9-10-25-17(26)18-13-7-3-4-8-14(13)20(23)24/h1-8H,9-10H2,(H,18,26). The van der Waals surface area contributed by atoms with Crippen LogP contribution >= 0.6 is 12.2 Å². The van der Waals surface area contributed by atoms with Crippen molar-refractivity contribution in [1.29, 1.82) is 0 Å². The number of carbonyl (C=O) groups is 2. The van der Waals surface area contributed by atoms with Gasteiger partial charge in [-0.2, -0.15) is 0 Å². The summed E-state index contributed by atoms with van der Waals surface area (Å²) >= 11 is 5.01. The predicted molar refractivity (Wildman–Crippen MR) is 97.1 cm³/mol. The first kappa shape index (κ1) is 17.5. The van der Waals surface area contributed by atoms with Gasteiger partial charge in [0.25, 0.3) is 22.7 Å². The molecule has 0 saturated heterocycles. The van der Waals surface area contributed by atoms with E-state index in [0.717, 1.165) is 4.90 Å². The number of imide groups is 1. The van der Waals surface area contributed by atoms with Gasteiger partial charge < -0.3 is 10.1 Å². The Morgan fingerprint density at radius 2 is 1.65 bits per heavy atom. The number of rotatable bonds is 5. The van der Waals surface area contributed by atoms with Crippen molar-refractivity contribution in [3.05, 3.63) is 69.8 Å². The number of ether oxygens (including phenoxy) is 1. The van der Waals surface area contributed by atoms with Crippen LogP contribution in [0.1, 0.15) is 20.7 Å². The highest BCUT2D eigenvalue weighted by Crippen LogP contribution is 2.24. The summed E-state index contributed by atoms with van der Waals surface area (Å²) in [5.74, 6) is -0.765. The Kier molecular flexibility index (Phi) is 4.90. The maximum absolute atomic E-state index is 12.2. The van der Waals surface area contributed by atoms with Gasteiger partial charge in [-0.15, -0.1) is 0 Å². The van der Waals surface area contributed by atoms with E-state index in [9.17, 15) is 19.7 Å². The molecule has 1 N–H and O–H groups in total. The molecule has 0 atom stereocenters. The zero-order valence-corrected chi connectivity index (χ0v) is 14.2. The fraction of sp³-hybridized carbons (Fsp3) is 0.118. The number of nitro benzene ring substituents is 1. The van der Waals surface area contributed by atoms with Gasteiger partial charge >= 0.3 is 0 Å². The number of nitro groups is 1. The van der Waals surface area contributed by atoms with Crippen LogP contribution < -0.4 is 5.32 Å². The van der Waals surface area contributed by atoms with Crippen molar-refractivity contribution in [2.75, 3.05) is 18.5 Å². The molecule has 1 aliphatic heterocycles. The quantitative estimate of drug-likeness (QED) is 0.373. The zero-order valence-electron chi connectivity index (χ0n) is 13.4. The van der Waals surface area contributed by atoms with E-state index >= 15 is 0 Å². The van der Waals surface area contributed by atoms with Crippen molar-refractivity contribution in [2.24, 2.45) is 0 Å². The van der Waals surface area contributed by atoms with Crippen LogP contribution in [0.2, 0.25) is 0 Å². The molecule has 0 radical (unpaired) electrons. The molecule has 0 spiro atoms. The summed E-state index contributed by atoms with van der Waals surface area (Å²) in [6.45, 7) is -0.0109. The molecule has 9 heteroatoms. The van der Waals surface area contributed by atoms with Crippen LogP contribution in [-0.2, 0) is 4.74 Å². The second-order valence-corrected chi connectivity index (χ2v) is 5.71. The van der Waals surface area contributed by atoms with Crippen LogP contribution in [0, 0.1) is 10.1 Å². The number of nitrogens with zero attached hydrogens (tertiary/aromatic N) is 2. The topological polar surface area (TPSA) is 102 Å². The van der Waals surface area contributed by atoms with E-state index in [-0.39, 0.29) is 41.5 Å². The minimum atomic E-state index is -0.538. The Hall–Kier alpha value is -3.33. The van der Waals surface area contributed by atoms with Crippen LogP contribution in [0.4, 0.5) is 11.4 Å². The van der Waals surface area contributed by atoms with Crippen molar-refractivity contribution in [3.63, 3.8) is 0 Å². The lowest BCUT2D eigenvalue weighted by atomic mass is 10.1. The lowest BCUT2D eigenvalue weighted by Crippen LogP contribution is -2.33. The second-order valence-electron chi connectivity index (χ2n) is 5.34. The van der Waals surface area contributed by atoms with Crippen LogP contribution in [-0.4, -0.2) is 40.0 Å². The SMILES string of the molecule is O=C1c2ccccc2C(=O)N1CCOC(=S)Nc1ccccc1[N+](=O)[O-]. The van der Waals surface area contributed by atoms with E-state index in [2.05, 4.69) is 5.32 Å². The first-order valence-corrected chi connectivity index (χ1v) is 8.02. The van der Waals surface area contributed by atoms with Gasteiger partial charge in [0, 0.05) is 6.07 Å². The summed E-state index contributed by atoms with van der Waals surface area (Å²) in [4.78, 5) is 36.0. The van der Waals surface area contributed by atoms with Gasteiger partial charge in [0.15, 0.2) is 0 Å². The molecule has 132 valence electrons. The molecule has 1 aliphatic rings. The van der Waals surface area contributed by atoms with Gasteiger partial charge in [-0.3, -0.25) is 24.6 Å². The first-order valence-electron chi connectivity index (χ1n) is 7.61. The van der Waals surface area contributed by atoms with Gasteiger partial charge in [-0.25, -0.2) is 0 Å². The van der Waals surface area contributed by atoms with Crippen LogP contribution in [0.25, 0.3) is 0 Å². The highest BCUT2D eigenvalue weighted by Gasteiger charge is 2.34. The molecule has 2 amide bonds. The third-order valence-corrected chi connectivity index (χ3v) is 3.98. The smallest absolute Gasteiger partial charge is 0.292 e. The number of anilines is 1. The molecular weight excluding hydrogens is 358 g/mol. The van der Waals surface area contributed by atoms with Crippen LogP contribution in [0.15, 0.2) is 48.5 Å². The van der Waals surface area contributed by atoms with Crippen molar-refractivity contribution < 1.29 is 19.2 Å². The maximum Gasteiger partial charge on any atom is 0.292 e. The molecule has 0 unspecified atom stereocenters. The normalized spacial score (nSPS) is 12.7. The molecule has 0 bridgehead atoms. The number of para-hydroxylation sites is 2. The molecule has 3 rings (SSSR count). The van der Waals surface area contributed by atoms with Crippen LogP contribution in [0.5, 0.6) is 0 Å². The predicted octanol–water partition coefficient (Wildman–Crippen LogP) is 2.60. The lowest BCUT2D eigenvalue weighted by Gasteiger charge is -2.15. The van der Waals surface area contributed by atoms with Crippen molar-refractivity contribution in [1.82, 2.24) is 4.90 Å². The number of fused-ring (bicyclic) bond motifs is 1.